The van der Waals surface area contributed by atoms with Gasteiger partial charge in [0.2, 0.25) is 0 Å². The zero-order valence-electron chi connectivity index (χ0n) is 12.7. The number of benzene rings is 1. The van der Waals surface area contributed by atoms with Crippen molar-refractivity contribution in [2.24, 2.45) is 0 Å². The summed E-state index contributed by atoms with van der Waals surface area (Å²) in [6.45, 7) is 3.68. The summed E-state index contributed by atoms with van der Waals surface area (Å²) in [6.07, 6.45) is 1.96. The molecule has 1 aliphatic carbocycles. The smallest absolute Gasteiger partial charge is 0.347 e. The van der Waals surface area contributed by atoms with Crippen molar-refractivity contribution >= 4 is 16.9 Å². The van der Waals surface area contributed by atoms with Crippen molar-refractivity contribution in [2.45, 2.75) is 39.2 Å². The number of fused-ring (bicyclic) bond motifs is 3. The highest BCUT2D eigenvalue weighted by Crippen LogP contribution is 2.29. The molecule has 2 aromatic rings. The molecule has 0 bridgehead atoms. The Labute approximate surface area is 127 Å². The predicted molar refractivity (Wildman–Crippen MR) is 81.2 cm³/mol. The van der Waals surface area contributed by atoms with E-state index in [0.717, 1.165) is 35.8 Å². The maximum absolute atomic E-state index is 12.0. The van der Waals surface area contributed by atoms with Crippen molar-refractivity contribution < 1.29 is 18.7 Å². The Hall–Kier alpha value is -2.30. The Morgan fingerprint density at radius 3 is 2.86 bits per heavy atom. The summed E-state index contributed by atoms with van der Waals surface area (Å²) >= 11 is 0. The van der Waals surface area contributed by atoms with E-state index in [1.807, 2.05) is 6.07 Å². The van der Waals surface area contributed by atoms with Crippen LogP contribution in [0.1, 0.15) is 31.4 Å². The summed E-state index contributed by atoms with van der Waals surface area (Å²) in [5.41, 5.74) is 2.10. The Morgan fingerprint density at radius 2 is 2.09 bits per heavy atom. The SMILES string of the molecule is CCOC(=O)[C@@H](C)Oc1ccc2c3c(c(=O)oc2c1)CCC3. The van der Waals surface area contributed by atoms with Crippen LogP contribution in [0.4, 0.5) is 0 Å². The molecule has 0 saturated heterocycles. The van der Waals surface area contributed by atoms with E-state index in [0.29, 0.717) is 17.9 Å². The molecule has 0 fully saturated rings. The Balaban J connectivity index is 1.92. The van der Waals surface area contributed by atoms with E-state index in [4.69, 9.17) is 13.9 Å². The van der Waals surface area contributed by atoms with Gasteiger partial charge in [-0.15, -0.1) is 0 Å². The number of ether oxygens (including phenoxy) is 2. The monoisotopic (exact) mass is 302 g/mol. The van der Waals surface area contributed by atoms with Crippen molar-refractivity contribution in [3.63, 3.8) is 0 Å². The third-order valence-electron chi connectivity index (χ3n) is 3.88. The number of hydrogen-bond acceptors (Lipinski definition) is 5. The maximum atomic E-state index is 12.0. The Morgan fingerprint density at radius 1 is 1.32 bits per heavy atom. The van der Waals surface area contributed by atoms with Gasteiger partial charge in [0.1, 0.15) is 11.3 Å². The van der Waals surface area contributed by atoms with E-state index in [2.05, 4.69) is 0 Å². The fourth-order valence-corrected chi connectivity index (χ4v) is 2.85. The quantitative estimate of drug-likeness (QED) is 0.641. The second-order valence-corrected chi connectivity index (χ2v) is 5.37. The van der Waals surface area contributed by atoms with Crippen molar-refractivity contribution in [1.29, 1.82) is 0 Å². The molecule has 5 nitrogen and oxygen atoms in total. The molecular formula is C17H18O5. The van der Waals surface area contributed by atoms with Gasteiger partial charge >= 0.3 is 11.6 Å². The van der Waals surface area contributed by atoms with Gasteiger partial charge in [0.15, 0.2) is 6.10 Å². The first kappa shape index (κ1) is 14.6. The summed E-state index contributed by atoms with van der Waals surface area (Å²) < 4.78 is 15.8. The highest BCUT2D eigenvalue weighted by molar-refractivity contribution is 5.83. The number of carbonyl (C=O) groups is 1. The molecule has 0 aliphatic heterocycles. The summed E-state index contributed by atoms with van der Waals surface area (Å²) in [4.78, 5) is 23.6. The largest absolute Gasteiger partial charge is 0.479 e. The van der Waals surface area contributed by atoms with Crippen molar-refractivity contribution in [1.82, 2.24) is 0 Å². The average Bonchev–Trinajstić information content (AvgIpc) is 2.97. The lowest BCUT2D eigenvalue weighted by Gasteiger charge is -2.14. The number of esters is 1. The summed E-state index contributed by atoms with van der Waals surface area (Å²) in [7, 11) is 0. The van der Waals surface area contributed by atoms with Crippen LogP contribution < -0.4 is 10.4 Å². The highest BCUT2D eigenvalue weighted by Gasteiger charge is 2.20. The lowest BCUT2D eigenvalue weighted by atomic mass is 10.1. The minimum absolute atomic E-state index is 0.268. The Bertz CT molecular complexity index is 774. The average molecular weight is 302 g/mol. The molecule has 116 valence electrons. The molecule has 1 aliphatic rings. The standard InChI is InChI=1S/C17H18O5/c1-3-20-16(18)10(2)21-11-7-8-13-12-5-4-6-14(12)17(19)22-15(13)9-11/h7-10H,3-6H2,1-2H3/t10-/m1/s1. The zero-order chi connectivity index (χ0) is 15.7. The Kier molecular flexibility index (Phi) is 3.88. The number of carbonyl (C=O) groups excluding carboxylic acids is 1. The van der Waals surface area contributed by atoms with E-state index < -0.39 is 12.1 Å². The summed E-state index contributed by atoms with van der Waals surface area (Å²) in [5, 5.41) is 0.947. The van der Waals surface area contributed by atoms with Gasteiger partial charge < -0.3 is 13.9 Å². The van der Waals surface area contributed by atoms with E-state index in [1.165, 1.54) is 0 Å². The van der Waals surface area contributed by atoms with Gasteiger partial charge in [-0.3, -0.25) is 0 Å². The van der Waals surface area contributed by atoms with E-state index >= 15 is 0 Å². The van der Waals surface area contributed by atoms with Crippen LogP contribution in [0.5, 0.6) is 5.75 Å². The molecule has 0 unspecified atom stereocenters. The third kappa shape index (κ3) is 2.58. The van der Waals surface area contributed by atoms with Crippen LogP contribution in [0.2, 0.25) is 0 Å². The van der Waals surface area contributed by atoms with E-state index in [9.17, 15) is 9.59 Å². The van der Waals surface area contributed by atoms with Crippen LogP contribution in [0.15, 0.2) is 27.4 Å². The van der Waals surface area contributed by atoms with Gasteiger partial charge in [0.25, 0.3) is 0 Å². The van der Waals surface area contributed by atoms with Crippen LogP contribution in [0.3, 0.4) is 0 Å². The van der Waals surface area contributed by atoms with Crippen LogP contribution in [0, 0.1) is 0 Å². The predicted octanol–water partition coefficient (Wildman–Crippen LogP) is 2.61. The van der Waals surface area contributed by atoms with E-state index in [-0.39, 0.29) is 5.63 Å². The second-order valence-electron chi connectivity index (χ2n) is 5.37. The first-order valence-corrected chi connectivity index (χ1v) is 7.52. The molecule has 22 heavy (non-hydrogen) atoms. The molecule has 3 rings (SSSR count). The molecule has 0 amide bonds. The minimum Gasteiger partial charge on any atom is -0.479 e. The van der Waals surface area contributed by atoms with Crippen molar-refractivity contribution in [3.8, 4) is 5.75 Å². The fraction of sp³-hybridized carbons (Fsp3) is 0.412. The number of rotatable bonds is 4. The molecule has 1 atom stereocenters. The van der Waals surface area contributed by atoms with Crippen LogP contribution >= 0.6 is 0 Å². The number of hydrogen-bond donors (Lipinski definition) is 0. The van der Waals surface area contributed by atoms with E-state index in [1.54, 1.807) is 26.0 Å². The molecule has 1 aromatic carbocycles. The lowest BCUT2D eigenvalue weighted by Crippen LogP contribution is -2.26. The zero-order valence-corrected chi connectivity index (χ0v) is 12.7. The first-order chi connectivity index (χ1) is 10.6. The van der Waals surface area contributed by atoms with Gasteiger partial charge in [-0.25, -0.2) is 9.59 Å². The fourth-order valence-electron chi connectivity index (χ4n) is 2.85. The summed E-state index contributed by atoms with van der Waals surface area (Å²) in [5.74, 6) is 0.0622. The lowest BCUT2D eigenvalue weighted by molar-refractivity contribution is -0.150. The van der Waals surface area contributed by atoms with Gasteiger partial charge in [-0.05, 0) is 50.8 Å². The van der Waals surface area contributed by atoms with Crippen LogP contribution in [0.25, 0.3) is 11.0 Å². The third-order valence-corrected chi connectivity index (χ3v) is 3.88. The molecule has 5 heteroatoms. The highest BCUT2D eigenvalue weighted by atomic mass is 16.6. The molecule has 0 N–H and O–H groups in total. The summed E-state index contributed by atoms with van der Waals surface area (Å²) in [6, 6.07) is 5.33. The maximum Gasteiger partial charge on any atom is 0.347 e. The van der Waals surface area contributed by atoms with Gasteiger partial charge in [0.05, 0.1) is 6.61 Å². The van der Waals surface area contributed by atoms with Crippen molar-refractivity contribution in [2.75, 3.05) is 6.61 Å². The molecule has 1 heterocycles. The van der Waals surface area contributed by atoms with Crippen molar-refractivity contribution in [3.05, 3.63) is 39.7 Å². The molecule has 1 aromatic heterocycles. The van der Waals surface area contributed by atoms with Crippen LogP contribution in [-0.2, 0) is 22.4 Å². The molecule has 0 radical (unpaired) electrons. The van der Waals surface area contributed by atoms with Crippen LogP contribution in [-0.4, -0.2) is 18.7 Å². The second kappa shape index (κ2) is 5.83. The van der Waals surface area contributed by atoms with Gasteiger partial charge in [0, 0.05) is 17.0 Å². The molecule has 0 spiro atoms. The first-order valence-electron chi connectivity index (χ1n) is 7.52. The molecular weight excluding hydrogens is 284 g/mol. The number of aryl methyl sites for hydroxylation is 1. The molecule has 0 saturated carbocycles. The normalized spacial score (nSPS) is 14.6. The van der Waals surface area contributed by atoms with Gasteiger partial charge in [-0.1, -0.05) is 0 Å². The topological polar surface area (TPSA) is 65.7 Å². The minimum atomic E-state index is -0.710. The van der Waals surface area contributed by atoms with Gasteiger partial charge in [-0.2, -0.15) is 0 Å².